The minimum Gasteiger partial charge on any atom is -0.382 e. The molecule has 134 valence electrons. The number of ether oxygens (including phenoxy) is 1. The van der Waals surface area contributed by atoms with Crippen molar-refractivity contribution in [3.05, 3.63) is 28.2 Å². The highest BCUT2D eigenvalue weighted by Crippen LogP contribution is 2.23. The first-order chi connectivity index (χ1) is 12.0. The Bertz CT molecular complexity index is 942. The topological polar surface area (TPSA) is 98.8 Å². The van der Waals surface area contributed by atoms with E-state index in [1.165, 1.54) is 0 Å². The smallest absolute Gasteiger partial charge is 0.270 e. The van der Waals surface area contributed by atoms with Crippen LogP contribution in [0.1, 0.15) is 32.9 Å². The summed E-state index contributed by atoms with van der Waals surface area (Å²) < 4.78 is 7.37. The SMILES string of the molecule is CCOCCCn1c(N)nc2cc3[nH]c(=O)c(CC(C)C)nc3cc21. The van der Waals surface area contributed by atoms with Gasteiger partial charge in [0.2, 0.25) is 5.95 Å². The van der Waals surface area contributed by atoms with Crippen molar-refractivity contribution in [1.29, 1.82) is 0 Å². The van der Waals surface area contributed by atoms with Gasteiger partial charge in [0.05, 0.1) is 22.1 Å². The number of nitrogens with one attached hydrogen (secondary N) is 1. The van der Waals surface area contributed by atoms with Gasteiger partial charge in [0, 0.05) is 19.8 Å². The average Bonchev–Trinajstić information content (AvgIpc) is 2.84. The number of aryl methyl sites for hydroxylation is 1. The van der Waals surface area contributed by atoms with Crippen molar-refractivity contribution in [3.63, 3.8) is 0 Å². The molecule has 3 N–H and O–H groups in total. The number of H-pyrrole nitrogens is 1. The molecule has 3 aromatic rings. The van der Waals surface area contributed by atoms with Gasteiger partial charge in [0.1, 0.15) is 5.69 Å². The number of hydrogen-bond donors (Lipinski definition) is 2. The first-order valence-electron chi connectivity index (χ1n) is 8.76. The zero-order valence-electron chi connectivity index (χ0n) is 15.0. The van der Waals surface area contributed by atoms with Crippen molar-refractivity contribution >= 4 is 28.0 Å². The molecule has 2 heterocycles. The molecular weight excluding hydrogens is 318 g/mol. The molecule has 0 aliphatic rings. The number of aromatic nitrogens is 4. The fraction of sp³-hybridized carbons (Fsp3) is 0.500. The van der Waals surface area contributed by atoms with Gasteiger partial charge in [-0.2, -0.15) is 0 Å². The van der Waals surface area contributed by atoms with Gasteiger partial charge in [-0.3, -0.25) is 4.79 Å². The lowest BCUT2D eigenvalue weighted by atomic mass is 10.1. The van der Waals surface area contributed by atoms with Crippen LogP contribution >= 0.6 is 0 Å². The normalized spacial score (nSPS) is 11.8. The molecule has 7 nitrogen and oxygen atoms in total. The van der Waals surface area contributed by atoms with E-state index in [9.17, 15) is 4.79 Å². The van der Waals surface area contributed by atoms with E-state index in [2.05, 4.69) is 28.8 Å². The average molecular weight is 343 g/mol. The summed E-state index contributed by atoms with van der Waals surface area (Å²) in [5.41, 5.74) is 9.64. The fourth-order valence-electron chi connectivity index (χ4n) is 2.99. The van der Waals surface area contributed by atoms with Crippen LogP contribution in [0.5, 0.6) is 0 Å². The van der Waals surface area contributed by atoms with Crippen LogP contribution in [0.3, 0.4) is 0 Å². The molecule has 0 amide bonds. The van der Waals surface area contributed by atoms with Gasteiger partial charge in [-0.05, 0) is 37.8 Å². The summed E-state index contributed by atoms with van der Waals surface area (Å²) in [5, 5.41) is 0. The Labute approximate surface area is 146 Å². The summed E-state index contributed by atoms with van der Waals surface area (Å²) in [4.78, 5) is 24.1. The number of nitrogens with zero attached hydrogens (tertiary/aromatic N) is 3. The first-order valence-corrected chi connectivity index (χ1v) is 8.76. The molecule has 0 radical (unpaired) electrons. The van der Waals surface area contributed by atoms with Gasteiger partial charge in [0.15, 0.2) is 0 Å². The summed E-state index contributed by atoms with van der Waals surface area (Å²) in [6.07, 6.45) is 1.51. The number of benzene rings is 1. The summed E-state index contributed by atoms with van der Waals surface area (Å²) >= 11 is 0. The van der Waals surface area contributed by atoms with Gasteiger partial charge in [-0.15, -0.1) is 0 Å². The molecule has 0 saturated heterocycles. The van der Waals surface area contributed by atoms with Gasteiger partial charge in [-0.25, -0.2) is 9.97 Å². The second kappa shape index (κ2) is 7.23. The predicted octanol–water partition coefficient (Wildman–Crippen LogP) is 2.48. The monoisotopic (exact) mass is 343 g/mol. The van der Waals surface area contributed by atoms with Crippen LogP contribution in [0.4, 0.5) is 5.95 Å². The zero-order chi connectivity index (χ0) is 18.0. The molecule has 1 aromatic carbocycles. The Morgan fingerprint density at radius 2 is 2.08 bits per heavy atom. The molecule has 25 heavy (non-hydrogen) atoms. The maximum atomic E-state index is 12.2. The molecule has 0 aliphatic carbocycles. The second-order valence-electron chi connectivity index (χ2n) is 6.64. The number of nitrogen functional groups attached to an aromatic ring is 1. The Balaban J connectivity index is 2.03. The van der Waals surface area contributed by atoms with Crippen LogP contribution in [-0.2, 0) is 17.7 Å². The van der Waals surface area contributed by atoms with E-state index in [0.717, 1.165) is 29.5 Å². The molecule has 3 rings (SSSR count). The minimum absolute atomic E-state index is 0.135. The van der Waals surface area contributed by atoms with E-state index in [1.54, 1.807) is 0 Å². The number of anilines is 1. The van der Waals surface area contributed by atoms with Gasteiger partial charge >= 0.3 is 0 Å². The van der Waals surface area contributed by atoms with Crippen LogP contribution in [0.2, 0.25) is 0 Å². The molecule has 0 unspecified atom stereocenters. The van der Waals surface area contributed by atoms with E-state index in [-0.39, 0.29) is 5.56 Å². The third-order valence-electron chi connectivity index (χ3n) is 4.14. The molecule has 0 fully saturated rings. The van der Waals surface area contributed by atoms with Crippen molar-refractivity contribution in [2.75, 3.05) is 18.9 Å². The maximum absolute atomic E-state index is 12.2. The number of rotatable bonds is 7. The summed E-state index contributed by atoms with van der Waals surface area (Å²) in [7, 11) is 0. The number of imidazole rings is 1. The van der Waals surface area contributed by atoms with Crippen molar-refractivity contribution in [2.45, 2.75) is 40.2 Å². The van der Waals surface area contributed by atoms with Crippen LogP contribution in [0.15, 0.2) is 16.9 Å². The number of fused-ring (bicyclic) bond motifs is 2. The van der Waals surface area contributed by atoms with E-state index in [1.807, 2.05) is 23.6 Å². The lowest BCUT2D eigenvalue weighted by Gasteiger charge is -2.08. The van der Waals surface area contributed by atoms with Crippen LogP contribution < -0.4 is 11.3 Å². The molecule has 7 heteroatoms. The molecule has 0 spiro atoms. The first kappa shape index (κ1) is 17.4. The van der Waals surface area contributed by atoms with E-state index in [0.29, 0.717) is 42.7 Å². The van der Waals surface area contributed by atoms with Crippen molar-refractivity contribution in [2.24, 2.45) is 5.92 Å². The highest BCUT2D eigenvalue weighted by molar-refractivity contribution is 5.92. The molecule has 2 aromatic heterocycles. The highest BCUT2D eigenvalue weighted by Gasteiger charge is 2.12. The van der Waals surface area contributed by atoms with E-state index in [4.69, 9.17) is 10.5 Å². The second-order valence-corrected chi connectivity index (χ2v) is 6.64. The van der Waals surface area contributed by atoms with E-state index >= 15 is 0 Å². The maximum Gasteiger partial charge on any atom is 0.270 e. The van der Waals surface area contributed by atoms with E-state index < -0.39 is 0 Å². The third kappa shape index (κ3) is 3.66. The molecular formula is C18H25N5O2. The fourth-order valence-corrected chi connectivity index (χ4v) is 2.99. The third-order valence-corrected chi connectivity index (χ3v) is 4.14. The minimum atomic E-state index is -0.135. The molecule has 0 aliphatic heterocycles. The zero-order valence-corrected chi connectivity index (χ0v) is 15.0. The van der Waals surface area contributed by atoms with Crippen LogP contribution in [-0.4, -0.2) is 32.7 Å². The largest absolute Gasteiger partial charge is 0.382 e. The number of hydrogen-bond acceptors (Lipinski definition) is 5. The number of aromatic amines is 1. The molecule has 0 atom stereocenters. The van der Waals surface area contributed by atoms with Crippen LogP contribution in [0, 0.1) is 5.92 Å². The Kier molecular flexibility index (Phi) is 5.03. The van der Waals surface area contributed by atoms with Crippen molar-refractivity contribution in [3.8, 4) is 0 Å². The van der Waals surface area contributed by atoms with Gasteiger partial charge in [-0.1, -0.05) is 13.8 Å². The van der Waals surface area contributed by atoms with Crippen LogP contribution in [0.25, 0.3) is 22.1 Å². The molecule has 0 saturated carbocycles. The van der Waals surface area contributed by atoms with Crippen molar-refractivity contribution < 1.29 is 4.74 Å². The predicted molar refractivity (Wildman–Crippen MR) is 99.7 cm³/mol. The highest BCUT2D eigenvalue weighted by atomic mass is 16.5. The Morgan fingerprint density at radius 1 is 1.28 bits per heavy atom. The summed E-state index contributed by atoms with van der Waals surface area (Å²) in [6, 6.07) is 3.79. The Morgan fingerprint density at radius 3 is 2.80 bits per heavy atom. The summed E-state index contributed by atoms with van der Waals surface area (Å²) in [6.45, 7) is 8.25. The Hall–Kier alpha value is -2.41. The lowest BCUT2D eigenvalue weighted by molar-refractivity contribution is 0.142. The standard InChI is InChI=1S/C18H25N5O2/c1-4-25-7-5-6-23-16-10-13-12(9-14(16)22-18(23)19)21-17(24)15(20-13)8-11(2)3/h9-11H,4-8H2,1-3H3,(H2,19,22)(H,21,24). The lowest BCUT2D eigenvalue weighted by Crippen LogP contribution is -2.17. The summed E-state index contributed by atoms with van der Waals surface area (Å²) in [5.74, 6) is 0.834. The van der Waals surface area contributed by atoms with Gasteiger partial charge < -0.3 is 20.0 Å². The van der Waals surface area contributed by atoms with Gasteiger partial charge in [0.25, 0.3) is 5.56 Å². The number of nitrogens with two attached hydrogens (primary N) is 1. The van der Waals surface area contributed by atoms with Crippen molar-refractivity contribution in [1.82, 2.24) is 19.5 Å². The quantitative estimate of drug-likeness (QED) is 0.642. The molecule has 0 bridgehead atoms.